The molecule has 0 amide bonds. The molecule has 5 rings (SSSR count). The molecule has 3 N–H and O–H groups in total. The number of aliphatic carboxylic acids is 1. The van der Waals surface area contributed by atoms with Crippen molar-refractivity contribution in [3.63, 3.8) is 0 Å². The maximum Gasteiger partial charge on any atom is 0.337 e. The zero-order chi connectivity index (χ0) is 19.7. The van der Waals surface area contributed by atoms with Crippen LogP contribution in [-0.2, 0) is 11.3 Å². The number of carboxylic acid groups (broad SMARTS) is 1. The van der Waals surface area contributed by atoms with Crippen molar-refractivity contribution < 1.29 is 19.4 Å². The highest BCUT2D eigenvalue weighted by Gasteiger charge is 2.42. The van der Waals surface area contributed by atoms with E-state index in [2.05, 4.69) is 5.32 Å². The van der Waals surface area contributed by atoms with Gasteiger partial charge in [0.05, 0.1) is 6.04 Å². The molecule has 0 fully saturated rings. The molecule has 2 aliphatic heterocycles. The molecule has 0 radical (unpaired) electrons. The first-order chi connectivity index (χ1) is 13.4. The third-order valence-corrected chi connectivity index (χ3v) is 6.51. The monoisotopic (exact) mass is 384 g/mol. The van der Waals surface area contributed by atoms with Crippen molar-refractivity contribution in [1.29, 1.82) is 0 Å². The first-order valence-corrected chi connectivity index (χ1v) is 9.60. The minimum Gasteiger partial charge on any atom is -0.479 e. The fraction of sp³-hybridized carbons (Fsp3) is 0.429. The number of hydrogen-bond donors (Lipinski definition) is 3. The molecule has 1 aromatic rings. The predicted molar refractivity (Wildman–Crippen MR) is 99.2 cm³/mol. The van der Waals surface area contributed by atoms with Crippen LogP contribution < -0.4 is 10.9 Å². The molecule has 146 valence electrons. The van der Waals surface area contributed by atoms with E-state index in [1.807, 2.05) is 6.92 Å². The number of carbonyl (C=O) groups is 1. The highest BCUT2D eigenvalue weighted by atomic mass is 19.1. The van der Waals surface area contributed by atoms with E-state index in [4.69, 9.17) is 5.11 Å². The van der Waals surface area contributed by atoms with Crippen LogP contribution in [0.15, 0.2) is 51.0 Å². The van der Waals surface area contributed by atoms with Crippen LogP contribution in [0, 0.1) is 5.92 Å². The van der Waals surface area contributed by atoms with Crippen LogP contribution in [0.5, 0.6) is 0 Å². The van der Waals surface area contributed by atoms with E-state index in [0.29, 0.717) is 12.2 Å². The van der Waals surface area contributed by atoms with Crippen molar-refractivity contribution >= 4 is 5.97 Å². The van der Waals surface area contributed by atoms with Crippen molar-refractivity contribution in [1.82, 2.24) is 9.88 Å². The smallest absolute Gasteiger partial charge is 0.337 e. The molecule has 0 aromatic carbocycles. The molecule has 2 aliphatic carbocycles. The average Bonchev–Trinajstić information content (AvgIpc) is 3.04. The lowest BCUT2D eigenvalue weighted by Crippen LogP contribution is -2.35. The van der Waals surface area contributed by atoms with E-state index in [9.17, 15) is 19.1 Å². The summed E-state index contributed by atoms with van der Waals surface area (Å²) >= 11 is 0. The number of pyridine rings is 1. The fourth-order valence-electron chi connectivity index (χ4n) is 5.08. The van der Waals surface area contributed by atoms with Gasteiger partial charge in [-0.15, -0.1) is 0 Å². The molecular formula is C21H21FN2O4. The Bertz CT molecular complexity index is 1060. The van der Waals surface area contributed by atoms with Crippen LogP contribution in [0.3, 0.4) is 0 Å². The lowest BCUT2D eigenvalue weighted by atomic mass is 9.72. The lowest BCUT2D eigenvalue weighted by molar-refractivity contribution is -0.146. The van der Waals surface area contributed by atoms with Gasteiger partial charge < -0.3 is 20.1 Å². The van der Waals surface area contributed by atoms with E-state index < -0.39 is 18.2 Å². The Morgan fingerprint density at radius 1 is 1.32 bits per heavy atom. The van der Waals surface area contributed by atoms with Crippen molar-refractivity contribution in [2.75, 3.05) is 0 Å². The van der Waals surface area contributed by atoms with Crippen molar-refractivity contribution in [2.45, 2.75) is 51.0 Å². The van der Waals surface area contributed by atoms with Crippen LogP contribution in [-0.4, -0.2) is 26.9 Å². The number of halogens is 1. The lowest BCUT2D eigenvalue weighted by Gasteiger charge is -2.39. The van der Waals surface area contributed by atoms with Gasteiger partial charge in [0.25, 0.3) is 5.56 Å². The standard InChI is InChI=1S/C21H21FN2O4/c1-9-11-3-2-4-12-13-8-24-16(5-10(6-17(24)25)20(26)21(27)28)19(13)23-15(18(11)12)7-14(9)22/h5-7,9,14,19-20,23,26H,2-4,8H2,1H3,(H,27,28). The van der Waals surface area contributed by atoms with Gasteiger partial charge >= 0.3 is 5.97 Å². The molecule has 0 saturated carbocycles. The van der Waals surface area contributed by atoms with Gasteiger partial charge in [-0.2, -0.15) is 0 Å². The first kappa shape index (κ1) is 17.4. The quantitative estimate of drug-likeness (QED) is 0.728. The molecule has 0 saturated heterocycles. The Kier molecular flexibility index (Phi) is 3.68. The highest BCUT2D eigenvalue weighted by Crippen LogP contribution is 2.50. The third kappa shape index (κ3) is 2.29. The van der Waals surface area contributed by atoms with E-state index in [1.165, 1.54) is 11.6 Å². The molecule has 28 heavy (non-hydrogen) atoms. The summed E-state index contributed by atoms with van der Waals surface area (Å²) < 4.78 is 16.2. The second-order valence-electron chi connectivity index (χ2n) is 8.03. The molecule has 4 unspecified atom stereocenters. The van der Waals surface area contributed by atoms with Gasteiger partial charge in [-0.1, -0.05) is 12.5 Å². The zero-order valence-electron chi connectivity index (χ0n) is 15.4. The number of hydrogen-bond acceptors (Lipinski definition) is 4. The summed E-state index contributed by atoms with van der Waals surface area (Å²) in [7, 11) is 0. The Morgan fingerprint density at radius 3 is 2.86 bits per heavy atom. The van der Waals surface area contributed by atoms with Crippen LogP contribution in [0.2, 0.25) is 0 Å². The van der Waals surface area contributed by atoms with Crippen molar-refractivity contribution in [2.24, 2.45) is 5.92 Å². The molecule has 0 bridgehead atoms. The normalized spacial score (nSPS) is 28.8. The topological polar surface area (TPSA) is 91.6 Å². The number of alkyl halides is 1. The molecule has 6 nitrogen and oxygen atoms in total. The van der Waals surface area contributed by atoms with Gasteiger partial charge in [0.2, 0.25) is 0 Å². The maximum atomic E-state index is 14.6. The van der Waals surface area contributed by atoms with Crippen LogP contribution in [0.4, 0.5) is 4.39 Å². The number of nitrogens with one attached hydrogen (secondary N) is 1. The SMILES string of the molecule is CC1C2=C3C(=CC1F)NC1C(=C3CCC2)Cn2c1cc(C(O)C(=O)O)cc2=O. The number of carboxylic acids is 1. The number of aliphatic hydroxyl groups excluding tert-OH is 1. The second-order valence-corrected chi connectivity index (χ2v) is 8.03. The summed E-state index contributed by atoms with van der Waals surface area (Å²) in [6.45, 7) is 2.36. The van der Waals surface area contributed by atoms with Gasteiger partial charge in [-0.05, 0) is 48.1 Å². The Labute approximate surface area is 160 Å². The molecule has 1 aromatic heterocycles. The van der Waals surface area contributed by atoms with Gasteiger partial charge in [0, 0.05) is 35.5 Å². The van der Waals surface area contributed by atoms with E-state index in [0.717, 1.165) is 41.7 Å². The Morgan fingerprint density at radius 2 is 2.11 bits per heavy atom. The number of rotatable bonds is 2. The van der Waals surface area contributed by atoms with Crippen LogP contribution in [0.1, 0.15) is 49.6 Å². The minimum absolute atomic E-state index is 0.0667. The number of nitrogens with zero attached hydrogens (tertiary/aromatic N) is 1. The molecule has 4 atom stereocenters. The minimum atomic E-state index is -1.75. The van der Waals surface area contributed by atoms with Gasteiger partial charge in [0.15, 0.2) is 6.10 Å². The number of allylic oxidation sites excluding steroid dienone is 3. The molecule has 4 aliphatic rings. The average molecular weight is 384 g/mol. The largest absolute Gasteiger partial charge is 0.479 e. The highest BCUT2D eigenvalue weighted by molar-refractivity contribution is 5.74. The summed E-state index contributed by atoms with van der Waals surface area (Å²) in [5.74, 6) is -1.54. The van der Waals surface area contributed by atoms with Gasteiger partial charge in [-0.3, -0.25) is 4.79 Å². The fourth-order valence-corrected chi connectivity index (χ4v) is 5.08. The first-order valence-electron chi connectivity index (χ1n) is 9.60. The van der Waals surface area contributed by atoms with Gasteiger partial charge in [-0.25, -0.2) is 9.18 Å². The molecular weight excluding hydrogens is 363 g/mol. The van der Waals surface area contributed by atoms with Crippen LogP contribution >= 0.6 is 0 Å². The second kappa shape index (κ2) is 5.91. The van der Waals surface area contributed by atoms with Gasteiger partial charge in [0.1, 0.15) is 6.17 Å². The summed E-state index contributed by atoms with van der Waals surface area (Å²) in [5.41, 5.74) is 5.67. The summed E-state index contributed by atoms with van der Waals surface area (Å²) in [4.78, 5) is 23.8. The zero-order valence-corrected chi connectivity index (χ0v) is 15.4. The Hall–Kier alpha value is -2.67. The van der Waals surface area contributed by atoms with Crippen molar-refractivity contribution in [3.05, 3.63) is 67.8 Å². The molecule has 3 heterocycles. The van der Waals surface area contributed by atoms with E-state index in [-0.39, 0.29) is 23.1 Å². The number of fused-ring (bicyclic) bond motifs is 3. The number of aliphatic hydroxyl groups is 1. The predicted octanol–water partition coefficient (Wildman–Crippen LogP) is 2.27. The third-order valence-electron chi connectivity index (χ3n) is 6.51. The molecule has 7 heteroatoms. The molecule has 0 spiro atoms. The number of aromatic nitrogens is 1. The van der Waals surface area contributed by atoms with Crippen molar-refractivity contribution in [3.8, 4) is 0 Å². The maximum absolute atomic E-state index is 14.6. The van der Waals surface area contributed by atoms with Crippen LogP contribution in [0.25, 0.3) is 0 Å². The summed E-state index contributed by atoms with van der Waals surface area (Å²) in [6.07, 6.45) is 1.57. The Balaban J connectivity index is 1.69. The van der Waals surface area contributed by atoms with E-state index in [1.54, 1.807) is 16.7 Å². The summed E-state index contributed by atoms with van der Waals surface area (Å²) in [6, 6.07) is 2.45. The summed E-state index contributed by atoms with van der Waals surface area (Å²) in [5, 5.41) is 22.4. The van der Waals surface area contributed by atoms with E-state index >= 15 is 0 Å².